The first kappa shape index (κ1) is 20.1. The van der Waals surface area contributed by atoms with Crippen molar-refractivity contribution in [1.82, 2.24) is 10.9 Å². The molecule has 0 heterocycles. The van der Waals surface area contributed by atoms with Crippen LogP contribution in [0.5, 0.6) is 11.5 Å². The number of hydrogen-bond donors (Lipinski definition) is 2. The number of carbonyl (C=O) groups excluding carboxylic acids is 2. The molecule has 2 rings (SSSR count). The lowest BCUT2D eigenvalue weighted by atomic mass is 10.2. The Morgan fingerprint density at radius 3 is 2.58 bits per heavy atom. The lowest BCUT2D eigenvalue weighted by Gasteiger charge is -2.13. The molecule has 8 heteroatoms. The first-order valence-corrected chi connectivity index (χ1v) is 9.07. The summed E-state index contributed by atoms with van der Waals surface area (Å²) in [4.78, 5) is 24.2. The molecule has 2 aromatic rings. The fourth-order valence-corrected chi connectivity index (χ4v) is 2.50. The van der Waals surface area contributed by atoms with Crippen LogP contribution in [0.3, 0.4) is 0 Å². The zero-order valence-electron chi connectivity index (χ0n) is 14.1. The number of amides is 2. The van der Waals surface area contributed by atoms with Gasteiger partial charge in [0.15, 0.2) is 6.61 Å². The Hall–Kier alpha value is -2.25. The van der Waals surface area contributed by atoms with Gasteiger partial charge in [-0.25, -0.2) is 0 Å². The minimum atomic E-state index is -0.524. The molecular weight excluding hydrogens is 424 g/mol. The van der Waals surface area contributed by atoms with Crippen molar-refractivity contribution in [1.29, 1.82) is 0 Å². The Morgan fingerprint density at radius 1 is 1.08 bits per heavy atom. The molecule has 0 saturated carbocycles. The maximum absolute atomic E-state index is 12.3. The van der Waals surface area contributed by atoms with E-state index >= 15 is 0 Å². The van der Waals surface area contributed by atoms with Gasteiger partial charge in [0.25, 0.3) is 11.8 Å². The van der Waals surface area contributed by atoms with E-state index in [-0.39, 0.29) is 6.61 Å². The van der Waals surface area contributed by atoms with Crippen molar-refractivity contribution in [2.24, 2.45) is 0 Å². The van der Waals surface area contributed by atoms with Gasteiger partial charge in [0.05, 0.1) is 17.2 Å². The predicted octanol–water partition coefficient (Wildman–Crippen LogP) is 3.73. The van der Waals surface area contributed by atoms with Gasteiger partial charge in [-0.3, -0.25) is 20.4 Å². The molecule has 0 aromatic heterocycles. The van der Waals surface area contributed by atoms with E-state index in [1.54, 1.807) is 42.5 Å². The molecule has 0 aliphatic rings. The van der Waals surface area contributed by atoms with Crippen LogP contribution in [-0.4, -0.2) is 25.0 Å². The van der Waals surface area contributed by atoms with E-state index in [4.69, 9.17) is 21.1 Å². The number of para-hydroxylation sites is 1. The molecule has 0 atom stereocenters. The Kier molecular flexibility index (Phi) is 7.74. The highest BCUT2D eigenvalue weighted by atomic mass is 79.9. The molecule has 0 fully saturated rings. The van der Waals surface area contributed by atoms with E-state index < -0.39 is 11.8 Å². The Bertz CT molecular complexity index is 786. The molecule has 0 unspecified atom stereocenters. The summed E-state index contributed by atoms with van der Waals surface area (Å²) in [5.41, 5.74) is 4.94. The van der Waals surface area contributed by atoms with Crippen molar-refractivity contribution < 1.29 is 19.1 Å². The van der Waals surface area contributed by atoms with E-state index in [1.807, 2.05) is 6.92 Å². The summed E-state index contributed by atoms with van der Waals surface area (Å²) in [5.74, 6) is -0.195. The smallest absolute Gasteiger partial charge is 0.276 e. The molecule has 2 amide bonds. The fourth-order valence-electron chi connectivity index (χ4n) is 1.95. The average molecular weight is 442 g/mol. The SMILES string of the molecule is CCCOc1ccc(Br)cc1C(=O)NNC(=O)COc1ccccc1Cl. The summed E-state index contributed by atoms with van der Waals surface area (Å²) in [7, 11) is 0. The fraction of sp³-hybridized carbons (Fsp3) is 0.222. The maximum Gasteiger partial charge on any atom is 0.276 e. The molecule has 0 saturated heterocycles. The van der Waals surface area contributed by atoms with Crippen LogP contribution in [0.15, 0.2) is 46.9 Å². The molecule has 0 radical (unpaired) electrons. The number of ether oxygens (including phenoxy) is 2. The molecule has 0 bridgehead atoms. The summed E-state index contributed by atoms with van der Waals surface area (Å²) in [6.07, 6.45) is 0.813. The molecule has 6 nitrogen and oxygen atoms in total. The topological polar surface area (TPSA) is 76.7 Å². The van der Waals surface area contributed by atoms with Crippen LogP contribution in [0.25, 0.3) is 0 Å². The third kappa shape index (κ3) is 5.93. The minimum absolute atomic E-state index is 0.290. The predicted molar refractivity (Wildman–Crippen MR) is 102 cm³/mol. The van der Waals surface area contributed by atoms with Crippen molar-refractivity contribution in [3.8, 4) is 11.5 Å². The number of halogens is 2. The zero-order chi connectivity index (χ0) is 18.9. The van der Waals surface area contributed by atoms with Crippen LogP contribution >= 0.6 is 27.5 Å². The lowest BCUT2D eigenvalue weighted by Crippen LogP contribution is -2.44. The van der Waals surface area contributed by atoms with Crippen molar-refractivity contribution in [3.63, 3.8) is 0 Å². The number of rotatable bonds is 7. The lowest BCUT2D eigenvalue weighted by molar-refractivity contribution is -0.123. The molecule has 0 aliphatic heterocycles. The molecular formula is C18H18BrClN2O4. The highest BCUT2D eigenvalue weighted by Crippen LogP contribution is 2.24. The van der Waals surface area contributed by atoms with Gasteiger partial charge in [-0.2, -0.15) is 0 Å². The molecule has 138 valence electrons. The van der Waals surface area contributed by atoms with Crippen molar-refractivity contribution >= 4 is 39.3 Å². The first-order valence-electron chi connectivity index (χ1n) is 7.90. The van der Waals surface area contributed by atoms with Gasteiger partial charge in [-0.1, -0.05) is 46.6 Å². The second kappa shape index (κ2) is 10.0. The van der Waals surface area contributed by atoms with Gasteiger partial charge in [0, 0.05) is 4.47 Å². The summed E-state index contributed by atoms with van der Waals surface area (Å²) in [6, 6.07) is 11.9. The van der Waals surface area contributed by atoms with Gasteiger partial charge in [0.1, 0.15) is 11.5 Å². The van der Waals surface area contributed by atoms with Crippen LogP contribution in [0.2, 0.25) is 5.02 Å². The molecule has 2 aromatic carbocycles. The third-order valence-electron chi connectivity index (χ3n) is 3.16. The van der Waals surface area contributed by atoms with Crippen molar-refractivity contribution in [3.05, 3.63) is 57.5 Å². The van der Waals surface area contributed by atoms with Gasteiger partial charge < -0.3 is 9.47 Å². The second-order valence-electron chi connectivity index (χ2n) is 5.21. The average Bonchev–Trinajstić information content (AvgIpc) is 2.64. The summed E-state index contributed by atoms with van der Waals surface area (Å²) in [5, 5.41) is 0.399. The number of nitrogens with one attached hydrogen (secondary N) is 2. The van der Waals surface area contributed by atoms with E-state index in [2.05, 4.69) is 26.8 Å². The summed E-state index contributed by atoms with van der Waals surface area (Å²) >= 11 is 9.26. The highest BCUT2D eigenvalue weighted by molar-refractivity contribution is 9.10. The van der Waals surface area contributed by atoms with Crippen LogP contribution in [0.1, 0.15) is 23.7 Å². The van der Waals surface area contributed by atoms with E-state index in [9.17, 15) is 9.59 Å². The molecule has 26 heavy (non-hydrogen) atoms. The normalized spacial score (nSPS) is 10.1. The molecule has 2 N–H and O–H groups in total. The Labute approximate surface area is 164 Å². The third-order valence-corrected chi connectivity index (χ3v) is 3.96. The molecule has 0 spiro atoms. The van der Waals surface area contributed by atoms with Crippen LogP contribution in [0, 0.1) is 0 Å². The van der Waals surface area contributed by atoms with Gasteiger partial charge in [-0.05, 0) is 36.8 Å². The monoisotopic (exact) mass is 440 g/mol. The molecule has 0 aliphatic carbocycles. The Balaban J connectivity index is 1.90. The Morgan fingerprint density at radius 2 is 1.85 bits per heavy atom. The van der Waals surface area contributed by atoms with E-state index in [0.717, 1.165) is 10.9 Å². The number of hydrazine groups is 1. The quantitative estimate of drug-likeness (QED) is 0.642. The van der Waals surface area contributed by atoms with Crippen LogP contribution in [0.4, 0.5) is 0 Å². The summed E-state index contributed by atoms with van der Waals surface area (Å²) in [6.45, 7) is 2.17. The van der Waals surface area contributed by atoms with Crippen LogP contribution < -0.4 is 20.3 Å². The largest absolute Gasteiger partial charge is 0.493 e. The standard InChI is InChI=1S/C18H18BrClN2O4/c1-2-9-25-15-8-7-12(19)10-13(15)18(24)22-21-17(23)11-26-16-6-4-3-5-14(16)20/h3-8,10H,2,9,11H2,1H3,(H,21,23)(H,22,24). The summed E-state index contributed by atoms with van der Waals surface area (Å²) < 4.78 is 11.6. The van der Waals surface area contributed by atoms with Crippen molar-refractivity contribution in [2.45, 2.75) is 13.3 Å². The van der Waals surface area contributed by atoms with Crippen LogP contribution in [-0.2, 0) is 4.79 Å². The number of hydrogen-bond acceptors (Lipinski definition) is 4. The maximum atomic E-state index is 12.3. The first-order chi connectivity index (χ1) is 12.5. The van der Waals surface area contributed by atoms with E-state index in [1.165, 1.54) is 0 Å². The van der Waals surface area contributed by atoms with Gasteiger partial charge in [-0.15, -0.1) is 0 Å². The second-order valence-corrected chi connectivity index (χ2v) is 6.53. The number of carbonyl (C=O) groups is 2. The van der Waals surface area contributed by atoms with Gasteiger partial charge >= 0.3 is 0 Å². The van der Waals surface area contributed by atoms with Gasteiger partial charge in [0.2, 0.25) is 0 Å². The highest BCUT2D eigenvalue weighted by Gasteiger charge is 2.14. The minimum Gasteiger partial charge on any atom is -0.493 e. The van der Waals surface area contributed by atoms with Crippen molar-refractivity contribution in [2.75, 3.05) is 13.2 Å². The zero-order valence-corrected chi connectivity index (χ0v) is 16.4. The van der Waals surface area contributed by atoms with E-state index in [0.29, 0.717) is 28.7 Å². The number of benzene rings is 2.